The predicted molar refractivity (Wildman–Crippen MR) is 61.7 cm³/mol. The highest BCUT2D eigenvalue weighted by molar-refractivity contribution is 5.81. The fourth-order valence-electron chi connectivity index (χ4n) is 1.45. The Kier molecular flexibility index (Phi) is 8.52. The van der Waals surface area contributed by atoms with Crippen molar-refractivity contribution in [1.29, 1.82) is 0 Å². The van der Waals surface area contributed by atoms with Crippen molar-refractivity contribution in [2.45, 2.75) is 32.6 Å². The van der Waals surface area contributed by atoms with Crippen LogP contribution in [-0.4, -0.2) is 32.1 Å². The first-order valence-electron chi connectivity index (χ1n) is 5.67. The molecule has 0 spiro atoms. The second-order valence-corrected chi connectivity index (χ2v) is 3.74. The first kappa shape index (κ1) is 14.9. The van der Waals surface area contributed by atoms with E-state index in [-0.39, 0.29) is 12.5 Å². The van der Waals surface area contributed by atoms with Gasteiger partial charge in [0.15, 0.2) is 0 Å². The molecule has 1 atom stereocenters. The molecule has 0 aliphatic rings. The number of esters is 1. The van der Waals surface area contributed by atoms with Crippen molar-refractivity contribution in [2.75, 3.05) is 20.2 Å². The maximum Gasteiger partial charge on any atom is 0.325 e. The number of hydrogen-bond acceptors (Lipinski definition) is 4. The van der Waals surface area contributed by atoms with E-state index < -0.39 is 5.97 Å². The smallest absolute Gasteiger partial charge is 0.325 e. The number of amides is 1. The van der Waals surface area contributed by atoms with Gasteiger partial charge >= 0.3 is 5.97 Å². The molecule has 5 heteroatoms. The summed E-state index contributed by atoms with van der Waals surface area (Å²) >= 11 is 0. The molecule has 94 valence electrons. The lowest BCUT2D eigenvalue weighted by Gasteiger charge is -2.12. The lowest BCUT2D eigenvalue weighted by molar-refractivity contribution is -0.141. The van der Waals surface area contributed by atoms with Gasteiger partial charge in [0, 0.05) is 6.42 Å². The van der Waals surface area contributed by atoms with Gasteiger partial charge in [0.05, 0.1) is 7.11 Å². The van der Waals surface area contributed by atoms with E-state index in [1.54, 1.807) is 0 Å². The van der Waals surface area contributed by atoms with Crippen molar-refractivity contribution in [1.82, 2.24) is 5.32 Å². The van der Waals surface area contributed by atoms with Gasteiger partial charge in [-0.05, 0) is 25.3 Å². The second-order valence-electron chi connectivity index (χ2n) is 3.74. The lowest BCUT2D eigenvalue weighted by Crippen LogP contribution is -2.30. The molecule has 16 heavy (non-hydrogen) atoms. The minimum Gasteiger partial charge on any atom is -0.468 e. The highest BCUT2D eigenvalue weighted by Crippen LogP contribution is 2.13. The SMILES string of the molecule is CCC(CCN)CCC(=O)NCC(=O)OC. The van der Waals surface area contributed by atoms with E-state index in [9.17, 15) is 9.59 Å². The van der Waals surface area contributed by atoms with Gasteiger partial charge in [-0.1, -0.05) is 13.3 Å². The zero-order chi connectivity index (χ0) is 12.4. The Bertz CT molecular complexity index is 219. The van der Waals surface area contributed by atoms with Gasteiger partial charge in [-0.25, -0.2) is 0 Å². The average Bonchev–Trinajstić information content (AvgIpc) is 2.31. The zero-order valence-corrected chi connectivity index (χ0v) is 10.1. The summed E-state index contributed by atoms with van der Waals surface area (Å²) in [5.41, 5.74) is 5.47. The number of carbonyl (C=O) groups is 2. The van der Waals surface area contributed by atoms with Crippen LogP contribution in [0.25, 0.3) is 0 Å². The summed E-state index contributed by atoms with van der Waals surface area (Å²) < 4.78 is 4.42. The van der Waals surface area contributed by atoms with Crippen LogP contribution < -0.4 is 11.1 Å². The van der Waals surface area contributed by atoms with Gasteiger partial charge in [0.2, 0.25) is 5.91 Å². The summed E-state index contributed by atoms with van der Waals surface area (Å²) in [5.74, 6) is -0.0444. The Hall–Kier alpha value is -1.10. The Morgan fingerprint density at radius 1 is 1.38 bits per heavy atom. The molecule has 0 radical (unpaired) electrons. The summed E-state index contributed by atoms with van der Waals surface area (Å²) in [7, 11) is 1.29. The van der Waals surface area contributed by atoms with Crippen LogP contribution in [-0.2, 0) is 14.3 Å². The van der Waals surface area contributed by atoms with E-state index in [0.717, 1.165) is 19.3 Å². The summed E-state index contributed by atoms with van der Waals surface area (Å²) in [6.45, 7) is 2.69. The highest BCUT2D eigenvalue weighted by atomic mass is 16.5. The van der Waals surface area contributed by atoms with E-state index in [1.165, 1.54) is 7.11 Å². The molecule has 0 bridgehead atoms. The van der Waals surface area contributed by atoms with Crippen LogP contribution >= 0.6 is 0 Å². The molecule has 1 amide bonds. The molecule has 0 aromatic carbocycles. The van der Waals surface area contributed by atoms with Crippen LogP contribution in [0.3, 0.4) is 0 Å². The molecule has 0 heterocycles. The summed E-state index contributed by atoms with van der Waals surface area (Å²) in [6.07, 6.45) is 3.23. The Labute approximate surface area is 96.7 Å². The molecule has 0 aliphatic heterocycles. The van der Waals surface area contributed by atoms with Crippen LogP contribution in [0.15, 0.2) is 0 Å². The van der Waals surface area contributed by atoms with Crippen LogP contribution in [0, 0.1) is 5.92 Å². The number of nitrogens with two attached hydrogens (primary N) is 1. The topological polar surface area (TPSA) is 81.4 Å². The van der Waals surface area contributed by atoms with Gasteiger partial charge in [-0.2, -0.15) is 0 Å². The maximum atomic E-state index is 11.3. The van der Waals surface area contributed by atoms with E-state index in [1.807, 2.05) is 0 Å². The molecular formula is C11H22N2O3. The van der Waals surface area contributed by atoms with E-state index in [0.29, 0.717) is 18.9 Å². The standard InChI is InChI=1S/C11H22N2O3/c1-3-9(6-7-12)4-5-10(14)13-8-11(15)16-2/h9H,3-8,12H2,1-2H3,(H,13,14). The summed E-state index contributed by atoms with van der Waals surface area (Å²) in [5, 5.41) is 2.51. The zero-order valence-electron chi connectivity index (χ0n) is 10.1. The first-order valence-corrected chi connectivity index (χ1v) is 5.67. The van der Waals surface area contributed by atoms with Crippen molar-refractivity contribution < 1.29 is 14.3 Å². The molecule has 5 nitrogen and oxygen atoms in total. The highest BCUT2D eigenvalue weighted by Gasteiger charge is 2.09. The number of nitrogens with one attached hydrogen (secondary N) is 1. The van der Waals surface area contributed by atoms with Crippen molar-refractivity contribution in [3.63, 3.8) is 0 Å². The van der Waals surface area contributed by atoms with Crippen molar-refractivity contribution >= 4 is 11.9 Å². The minimum atomic E-state index is -0.428. The molecular weight excluding hydrogens is 208 g/mol. The molecule has 0 aromatic rings. The van der Waals surface area contributed by atoms with Gasteiger partial charge in [0.25, 0.3) is 0 Å². The molecule has 0 rings (SSSR count). The third kappa shape index (κ3) is 7.23. The minimum absolute atomic E-state index is 0.0526. The Morgan fingerprint density at radius 3 is 2.56 bits per heavy atom. The van der Waals surface area contributed by atoms with Crippen molar-refractivity contribution in [2.24, 2.45) is 11.7 Å². The largest absolute Gasteiger partial charge is 0.468 e. The van der Waals surface area contributed by atoms with E-state index >= 15 is 0 Å². The molecule has 0 aliphatic carbocycles. The molecule has 0 aromatic heterocycles. The number of ether oxygens (including phenoxy) is 1. The van der Waals surface area contributed by atoms with Crippen LogP contribution in [0.2, 0.25) is 0 Å². The monoisotopic (exact) mass is 230 g/mol. The van der Waals surface area contributed by atoms with Gasteiger partial charge in [-0.15, -0.1) is 0 Å². The normalized spacial score (nSPS) is 11.9. The Morgan fingerprint density at radius 2 is 2.06 bits per heavy atom. The van der Waals surface area contributed by atoms with Gasteiger partial charge < -0.3 is 15.8 Å². The second kappa shape index (κ2) is 9.15. The quantitative estimate of drug-likeness (QED) is 0.592. The van der Waals surface area contributed by atoms with Gasteiger partial charge in [0.1, 0.15) is 6.54 Å². The fraction of sp³-hybridized carbons (Fsp3) is 0.818. The average molecular weight is 230 g/mol. The number of carbonyl (C=O) groups excluding carboxylic acids is 2. The van der Waals surface area contributed by atoms with Crippen molar-refractivity contribution in [3.8, 4) is 0 Å². The molecule has 0 fully saturated rings. The fourth-order valence-corrected chi connectivity index (χ4v) is 1.45. The predicted octanol–water partition coefficient (Wildman–Crippen LogP) is 0.431. The maximum absolute atomic E-state index is 11.3. The molecule has 1 unspecified atom stereocenters. The Balaban J connectivity index is 3.66. The number of methoxy groups -OCH3 is 1. The third-order valence-electron chi connectivity index (χ3n) is 2.59. The van der Waals surface area contributed by atoms with Gasteiger partial charge in [-0.3, -0.25) is 9.59 Å². The molecule has 0 saturated heterocycles. The summed E-state index contributed by atoms with van der Waals surface area (Å²) in [6, 6.07) is 0. The lowest BCUT2D eigenvalue weighted by atomic mass is 9.96. The number of hydrogen-bond donors (Lipinski definition) is 2. The first-order chi connectivity index (χ1) is 7.63. The van der Waals surface area contributed by atoms with E-state index in [2.05, 4.69) is 17.0 Å². The van der Waals surface area contributed by atoms with E-state index in [4.69, 9.17) is 5.73 Å². The number of rotatable bonds is 8. The third-order valence-corrected chi connectivity index (χ3v) is 2.59. The molecule has 3 N–H and O–H groups in total. The van der Waals surface area contributed by atoms with Crippen LogP contribution in [0.4, 0.5) is 0 Å². The van der Waals surface area contributed by atoms with Crippen molar-refractivity contribution in [3.05, 3.63) is 0 Å². The molecule has 0 saturated carbocycles. The summed E-state index contributed by atoms with van der Waals surface area (Å²) in [4.78, 5) is 22.1. The van der Waals surface area contributed by atoms with Crippen LogP contribution in [0.5, 0.6) is 0 Å². The van der Waals surface area contributed by atoms with Crippen LogP contribution in [0.1, 0.15) is 32.6 Å².